The Morgan fingerprint density at radius 2 is 1.80 bits per heavy atom. The highest BCUT2D eigenvalue weighted by molar-refractivity contribution is 6.33. The van der Waals surface area contributed by atoms with E-state index in [4.69, 9.17) is 37.2 Å². The van der Waals surface area contributed by atoms with E-state index < -0.39 is 5.97 Å². The van der Waals surface area contributed by atoms with E-state index in [1.54, 1.807) is 79.7 Å². The van der Waals surface area contributed by atoms with Gasteiger partial charge in [0.25, 0.3) is 0 Å². The summed E-state index contributed by atoms with van der Waals surface area (Å²) in [5.74, 6) is 0.142. The maximum Gasteiger partial charge on any atom is 0.349 e. The monoisotopic (exact) mass is 504 g/mol. The number of esters is 1. The third kappa shape index (κ3) is 5.22. The predicted molar refractivity (Wildman–Crippen MR) is 135 cm³/mol. The fourth-order valence-corrected chi connectivity index (χ4v) is 3.79. The smallest absolute Gasteiger partial charge is 0.349 e. The second kappa shape index (κ2) is 10.5. The number of hydrogen-bond donors (Lipinski definition) is 0. The third-order valence-corrected chi connectivity index (χ3v) is 5.75. The van der Waals surface area contributed by atoms with Crippen LogP contribution in [0.5, 0.6) is 11.5 Å². The van der Waals surface area contributed by atoms with Crippen molar-refractivity contribution in [2.45, 2.75) is 6.92 Å². The van der Waals surface area contributed by atoms with Crippen LogP contribution in [0.3, 0.4) is 0 Å². The molecule has 0 aliphatic carbocycles. The fraction of sp³-hybridized carbons (Fsp3) is 0.0741. The summed E-state index contributed by atoms with van der Waals surface area (Å²) in [4.78, 5) is 13.1. The zero-order valence-electron chi connectivity index (χ0n) is 18.7. The quantitative estimate of drug-likeness (QED) is 0.119. The summed E-state index contributed by atoms with van der Waals surface area (Å²) in [7, 11) is 1.46. The van der Waals surface area contributed by atoms with Crippen LogP contribution in [0, 0.1) is 18.3 Å². The molecule has 0 atom stereocenters. The van der Waals surface area contributed by atoms with Crippen LogP contribution < -0.4 is 9.47 Å². The Labute approximate surface area is 211 Å². The van der Waals surface area contributed by atoms with Crippen molar-refractivity contribution in [3.63, 3.8) is 0 Å². The normalized spacial score (nSPS) is 11.1. The Morgan fingerprint density at radius 3 is 2.49 bits per heavy atom. The van der Waals surface area contributed by atoms with E-state index in [0.29, 0.717) is 43.9 Å². The van der Waals surface area contributed by atoms with E-state index >= 15 is 0 Å². The van der Waals surface area contributed by atoms with Gasteiger partial charge in [-0.1, -0.05) is 64.8 Å². The number of benzene rings is 3. The van der Waals surface area contributed by atoms with Crippen LogP contribution in [-0.4, -0.2) is 18.2 Å². The molecule has 3 aromatic carbocycles. The molecule has 1 aromatic heterocycles. The molecule has 0 unspecified atom stereocenters. The number of carbonyl (C=O) groups is 1. The lowest BCUT2D eigenvalue weighted by Gasteiger charge is -2.11. The molecular weight excluding hydrogens is 487 g/mol. The van der Waals surface area contributed by atoms with Gasteiger partial charge >= 0.3 is 5.97 Å². The van der Waals surface area contributed by atoms with Crippen molar-refractivity contribution in [1.29, 1.82) is 5.26 Å². The molecule has 174 valence electrons. The van der Waals surface area contributed by atoms with Gasteiger partial charge in [0.1, 0.15) is 17.0 Å². The highest BCUT2D eigenvalue weighted by atomic mass is 35.5. The SMILES string of the molecule is COc1cc(/C=C(\C#N)c2ccc(Cl)cc2)ccc1OC(=O)c1c(-c2ccccc2Cl)noc1C. The molecule has 35 heavy (non-hydrogen) atoms. The van der Waals surface area contributed by atoms with Crippen LogP contribution in [0.4, 0.5) is 0 Å². The molecule has 0 radical (unpaired) electrons. The van der Waals surface area contributed by atoms with Gasteiger partial charge in [0, 0.05) is 10.6 Å². The Hall–Kier alpha value is -4.05. The maximum atomic E-state index is 13.1. The minimum atomic E-state index is -0.667. The number of rotatable bonds is 6. The number of hydrogen-bond acceptors (Lipinski definition) is 6. The summed E-state index contributed by atoms with van der Waals surface area (Å²) in [5, 5.41) is 14.6. The van der Waals surface area contributed by atoms with Crippen molar-refractivity contribution in [3.05, 3.63) is 99.2 Å². The minimum Gasteiger partial charge on any atom is -0.493 e. The van der Waals surface area contributed by atoms with Crippen molar-refractivity contribution >= 4 is 40.8 Å². The van der Waals surface area contributed by atoms with E-state index in [1.165, 1.54) is 7.11 Å². The van der Waals surface area contributed by atoms with Crippen LogP contribution in [-0.2, 0) is 0 Å². The first-order valence-corrected chi connectivity index (χ1v) is 11.2. The second-order valence-electron chi connectivity index (χ2n) is 7.42. The molecule has 4 rings (SSSR count). The lowest BCUT2D eigenvalue weighted by molar-refractivity contribution is 0.0728. The molecule has 0 saturated heterocycles. The number of halogens is 2. The number of carbonyl (C=O) groups excluding carboxylic acids is 1. The zero-order valence-corrected chi connectivity index (χ0v) is 20.2. The summed E-state index contributed by atoms with van der Waals surface area (Å²) in [6, 6.07) is 21.1. The van der Waals surface area contributed by atoms with Crippen LogP contribution in [0.15, 0.2) is 71.3 Å². The van der Waals surface area contributed by atoms with Gasteiger partial charge in [-0.25, -0.2) is 4.79 Å². The average Bonchev–Trinajstić information content (AvgIpc) is 3.25. The van der Waals surface area contributed by atoms with E-state index in [-0.39, 0.29) is 11.3 Å². The molecule has 0 saturated carbocycles. The molecule has 6 nitrogen and oxygen atoms in total. The summed E-state index contributed by atoms with van der Waals surface area (Å²) in [6.07, 6.45) is 1.71. The lowest BCUT2D eigenvalue weighted by atomic mass is 10.0. The molecule has 0 aliphatic heterocycles. The van der Waals surface area contributed by atoms with Gasteiger partial charge in [-0.15, -0.1) is 0 Å². The number of ether oxygens (including phenoxy) is 2. The van der Waals surface area contributed by atoms with Crippen molar-refractivity contribution in [1.82, 2.24) is 5.16 Å². The van der Waals surface area contributed by atoms with E-state index in [9.17, 15) is 10.1 Å². The van der Waals surface area contributed by atoms with E-state index in [0.717, 1.165) is 5.56 Å². The fourth-order valence-electron chi connectivity index (χ4n) is 3.44. The van der Waals surface area contributed by atoms with Crippen molar-refractivity contribution in [3.8, 4) is 28.8 Å². The predicted octanol–water partition coefficient (Wildman–Crippen LogP) is 7.25. The molecule has 0 amide bonds. The second-order valence-corrected chi connectivity index (χ2v) is 8.26. The highest BCUT2D eigenvalue weighted by Gasteiger charge is 2.25. The molecule has 0 N–H and O–H groups in total. The molecule has 0 bridgehead atoms. The molecule has 8 heteroatoms. The van der Waals surface area contributed by atoms with E-state index in [2.05, 4.69) is 11.2 Å². The van der Waals surface area contributed by atoms with Gasteiger partial charge in [0.05, 0.1) is 23.8 Å². The van der Waals surface area contributed by atoms with Crippen LogP contribution >= 0.6 is 23.2 Å². The van der Waals surface area contributed by atoms with Gasteiger partial charge in [-0.2, -0.15) is 5.26 Å². The van der Waals surface area contributed by atoms with Crippen molar-refractivity contribution < 1.29 is 18.8 Å². The Kier molecular flexibility index (Phi) is 7.21. The van der Waals surface area contributed by atoms with Crippen molar-refractivity contribution in [2.24, 2.45) is 0 Å². The van der Waals surface area contributed by atoms with Gasteiger partial charge in [0.2, 0.25) is 0 Å². The van der Waals surface area contributed by atoms with E-state index in [1.807, 2.05) is 0 Å². The molecule has 4 aromatic rings. The van der Waals surface area contributed by atoms with Crippen molar-refractivity contribution in [2.75, 3.05) is 7.11 Å². The molecule has 0 spiro atoms. The first-order chi connectivity index (χ1) is 16.9. The van der Waals surface area contributed by atoms with Gasteiger partial charge in [-0.3, -0.25) is 0 Å². The van der Waals surface area contributed by atoms with Crippen LogP contribution in [0.25, 0.3) is 22.9 Å². The first kappa shape index (κ1) is 24.1. The summed E-state index contributed by atoms with van der Waals surface area (Å²) in [5.41, 5.74) is 2.86. The Balaban J connectivity index is 1.64. The third-order valence-electron chi connectivity index (χ3n) is 5.17. The number of aromatic nitrogens is 1. The topological polar surface area (TPSA) is 85.4 Å². The first-order valence-electron chi connectivity index (χ1n) is 10.4. The number of allylic oxidation sites excluding steroid dienone is 1. The average molecular weight is 505 g/mol. The summed E-state index contributed by atoms with van der Waals surface area (Å²) in [6.45, 7) is 1.62. The highest BCUT2D eigenvalue weighted by Crippen LogP contribution is 2.34. The van der Waals surface area contributed by atoms with Crippen LogP contribution in [0.2, 0.25) is 10.0 Å². The lowest BCUT2D eigenvalue weighted by Crippen LogP contribution is -2.11. The van der Waals surface area contributed by atoms with Crippen LogP contribution in [0.1, 0.15) is 27.2 Å². The summed E-state index contributed by atoms with van der Waals surface area (Å²) < 4.78 is 16.3. The number of aryl methyl sites for hydroxylation is 1. The molecule has 0 fully saturated rings. The largest absolute Gasteiger partial charge is 0.493 e. The molecule has 0 aliphatic rings. The number of nitriles is 1. The van der Waals surface area contributed by atoms with Gasteiger partial charge < -0.3 is 14.0 Å². The Morgan fingerprint density at radius 1 is 1.06 bits per heavy atom. The standard InChI is InChI=1S/C27H18Cl2N2O4/c1-16-25(26(31-35-16)21-5-3-4-6-22(21)29)27(32)34-23-12-7-17(14-24(23)33-2)13-19(15-30)18-8-10-20(28)11-9-18/h3-14H,1-2H3/b19-13+. The zero-order chi connectivity index (χ0) is 24.9. The van der Waals surface area contributed by atoms with Gasteiger partial charge in [-0.05, 0) is 54.5 Å². The number of nitrogens with zero attached hydrogens (tertiary/aromatic N) is 2. The maximum absolute atomic E-state index is 13.1. The summed E-state index contributed by atoms with van der Waals surface area (Å²) >= 11 is 12.2. The number of methoxy groups -OCH3 is 1. The molecular formula is C27H18Cl2N2O4. The minimum absolute atomic E-state index is 0.165. The Bertz CT molecular complexity index is 1470. The van der Waals surface area contributed by atoms with Gasteiger partial charge in [0.15, 0.2) is 11.5 Å². The molecule has 1 heterocycles.